The van der Waals surface area contributed by atoms with E-state index in [4.69, 9.17) is 35.9 Å². The van der Waals surface area contributed by atoms with Gasteiger partial charge in [-0.2, -0.15) is 0 Å². The van der Waals surface area contributed by atoms with Crippen molar-refractivity contribution in [3.8, 4) is 0 Å². The maximum atomic E-state index is 5.57. The van der Waals surface area contributed by atoms with E-state index < -0.39 is 0 Å². The predicted molar refractivity (Wildman–Crippen MR) is 91.8 cm³/mol. The summed E-state index contributed by atoms with van der Waals surface area (Å²) in [6, 6.07) is 0. The fourth-order valence-corrected chi connectivity index (χ4v) is 2.38. The molecule has 0 aromatic heterocycles. The van der Waals surface area contributed by atoms with E-state index in [-0.39, 0.29) is 0 Å². The first kappa shape index (κ1) is 20.1. The molecule has 0 N–H and O–H groups in total. The Hall–Kier alpha value is 0.0400. The fraction of sp³-hybridized carbons (Fsp3) is 0.929. The summed E-state index contributed by atoms with van der Waals surface area (Å²) in [7, 11) is 0. The summed E-state index contributed by atoms with van der Waals surface area (Å²) in [5.74, 6) is 0. The maximum absolute atomic E-state index is 5.57. The van der Waals surface area contributed by atoms with Crippen molar-refractivity contribution in [3.05, 3.63) is 0 Å². The van der Waals surface area contributed by atoms with Gasteiger partial charge >= 0.3 is 0 Å². The smallest absolute Gasteiger partial charge is 0.136 e. The van der Waals surface area contributed by atoms with E-state index in [1.807, 2.05) is 6.26 Å². The van der Waals surface area contributed by atoms with Gasteiger partial charge in [-0.25, -0.2) is 0 Å². The highest BCUT2D eigenvalue weighted by Gasteiger charge is 2.08. The molecule has 130 valence electrons. The van der Waals surface area contributed by atoms with Gasteiger partial charge in [0.05, 0.1) is 66.1 Å². The second kappa shape index (κ2) is 14.6. The van der Waals surface area contributed by atoms with Crippen LogP contribution in [0.15, 0.2) is 0 Å². The Bertz CT molecular complexity index is 266. The SMILES string of the molecule is CSC(=S)N1CCOCCOCCOCCOCCOCC1. The van der Waals surface area contributed by atoms with Gasteiger partial charge in [-0.3, -0.25) is 0 Å². The number of thiocarbonyl (C=S) groups is 1. The molecule has 1 saturated heterocycles. The summed E-state index contributed by atoms with van der Waals surface area (Å²) >= 11 is 6.92. The maximum Gasteiger partial charge on any atom is 0.136 e. The predicted octanol–water partition coefficient (Wildman–Crippen LogP) is 1.03. The van der Waals surface area contributed by atoms with Gasteiger partial charge in [-0.1, -0.05) is 12.2 Å². The van der Waals surface area contributed by atoms with Crippen LogP contribution in [0, 0.1) is 0 Å². The van der Waals surface area contributed by atoms with Crippen LogP contribution >= 0.6 is 24.0 Å². The normalized spacial score (nSPS) is 21.8. The highest BCUT2D eigenvalue weighted by molar-refractivity contribution is 8.22. The van der Waals surface area contributed by atoms with E-state index in [0.29, 0.717) is 66.1 Å². The Kier molecular flexibility index (Phi) is 13.3. The van der Waals surface area contributed by atoms with E-state index in [9.17, 15) is 0 Å². The van der Waals surface area contributed by atoms with E-state index in [1.54, 1.807) is 11.8 Å². The highest BCUT2D eigenvalue weighted by atomic mass is 32.2. The third-order valence-corrected chi connectivity index (χ3v) is 4.30. The van der Waals surface area contributed by atoms with E-state index in [2.05, 4.69) is 4.90 Å². The fourth-order valence-electron chi connectivity index (χ4n) is 1.75. The van der Waals surface area contributed by atoms with Gasteiger partial charge in [0.15, 0.2) is 0 Å². The van der Waals surface area contributed by atoms with Crippen molar-refractivity contribution in [1.29, 1.82) is 0 Å². The molecule has 8 heteroatoms. The molecule has 1 heterocycles. The molecule has 0 unspecified atom stereocenters. The van der Waals surface area contributed by atoms with Crippen molar-refractivity contribution in [3.63, 3.8) is 0 Å². The zero-order valence-electron chi connectivity index (χ0n) is 13.3. The molecule has 0 aromatic rings. The molecule has 0 aromatic carbocycles. The summed E-state index contributed by atoms with van der Waals surface area (Å²) in [6.45, 7) is 7.43. The lowest BCUT2D eigenvalue weighted by atomic mass is 10.5. The Labute approximate surface area is 142 Å². The quantitative estimate of drug-likeness (QED) is 0.599. The average molecular weight is 354 g/mol. The molecule has 0 amide bonds. The van der Waals surface area contributed by atoms with Crippen molar-refractivity contribution >= 4 is 28.3 Å². The number of hydrogen-bond acceptors (Lipinski definition) is 7. The van der Waals surface area contributed by atoms with Crippen LogP contribution in [-0.2, 0) is 23.7 Å². The number of hydrogen-bond donors (Lipinski definition) is 0. The van der Waals surface area contributed by atoms with Crippen LogP contribution < -0.4 is 0 Å². The average Bonchev–Trinajstić information content (AvgIpc) is 2.54. The molecular weight excluding hydrogens is 326 g/mol. The molecule has 0 atom stereocenters. The van der Waals surface area contributed by atoms with E-state index >= 15 is 0 Å². The molecule has 0 aliphatic carbocycles. The lowest BCUT2D eigenvalue weighted by Gasteiger charge is -2.24. The van der Waals surface area contributed by atoms with Crippen LogP contribution in [0.4, 0.5) is 0 Å². The summed E-state index contributed by atoms with van der Waals surface area (Å²) < 4.78 is 28.2. The van der Waals surface area contributed by atoms with Crippen molar-refractivity contribution in [2.45, 2.75) is 0 Å². The largest absolute Gasteiger partial charge is 0.377 e. The first-order valence-electron chi connectivity index (χ1n) is 7.56. The first-order valence-corrected chi connectivity index (χ1v) is 9.19. The van der Waals surface area contributed by atoms with Gasteiger partial charge < -0.3 is 28.6 Å². The van der Waals surface area contributed by atoms with Crippen molar-refractivity contribution < 1.29 is 23.7 Å². The van der Waals surface area contributed by atoms with Gasteiger partial charge in [0.25, 0.3) is 0 Å². The minimum absolute atomic E-state index is 0.579. The zero-order valence-corrected chi connectivity index (χ0v) is 14.9. The topological polar surface area (TPSA) is 49.4 Å². The van der Waals surface area contributed by atoms with E-state index in [1.165, 1.54) is 0 Å². The standard InChI is InChI=1S/C14H27NO5S2/c1-22-14(21)15-2-4-16-6-8-18-10-12-20-13-11-19-9-7-17-5-3-15/h2-13H2,1H3. The molecule has 0 saturated carbocycles. The number of thioether (sulfide) groups is 1. The van der Waals surface area contributed by atoms with Gasteiger partial charge in [-0.05, 0) is 6.26 Å². The molecule has 0 spiro atoms. The summed E-state index contributed by atoms with van der Waals surface area (Å²) in [6.07, 6.45) is 1.99. The Morgan fingerprint density at radius 1 is 0.682 bits per heavy atom. The van der Waals surface area contributed by atoms with Crippen LogP contribution in [0.3, 0.4) is 0 Å². The summed E-state index contributed by atoms with van der Waals surface area (Å²) in [5.41, 5.74) is 0. The van der Waals surface area contributed by atoms with Gasteiger partial charge in [0.2, 0.25) is 0 Å². The second-order valence-corrected chi connectivity index (χ2v) is 5.96. The van der Waals surface area contributed by atoms with Gasteiger partial charge in [0.1, 0.15) is 4.32 Å². The number of ether oxygens (including phenoxy) is 5. The van der Waals surface area contributed by atoms with Gasteiger partial charge in [0, 0.05) is 13.1 Å². The third kappa shape index (κ3) is 10.7. The van der Waals surface area contributed by atoms with Gasteiger partial charge in [-0.15, -0.1) is 11.8 Å². The Morgan fingerprint density at radius 2 is 1.00 bits per heavy atom. The first-order chi connectivity index (χ1) is 10.8. The minimum Gasteiger partial charge on any atom is -0.377 e. The van der Waals surface area contributed by atoms with Crippen LogP contribution in [0.5, 0.6) is 0 Å². The Balaban J connectivity index is 2.28. The monoisotopic (exact) mass is 353 g/mol. The summed E-state index contributed by atoms with van der Waals surface area (Å²) in [4.78, 5) is 2.11. The molecule has 1 rings (SSSR count). The number of nitrogens with zero attached hydrogens (tertiary/aromatic N) is 1. The van der Waals surface area contributed by atoms with E-state index in [0.717, 1.165) is 17.4 Å². The molecule has 1 aliphatic rings. The zero-order chi connectivity index (χ0) is 15.9. The van der Waals surface area contributed by atoms with Crippen molar-refractivity contribution in [1.82, 2.24) is 4.90 Å². The third-order valence-electron chi connectivity index (χ3n) is 2.93. The molecule has 1 aliphatic heterocycles. The summed E-state index contributed by atoms with van der Waals surface area (Å²) in [5, 5.41) is 0. The van der Waals surface area contributed by atoms with Crippen LogP contribution in [0.25, 0.3) is 0 Å². The minimum atomic E-state index is 0.579. The van der Waals surface area contributed by atoms with Crippen molar-refractivity contribution in [2.75, 3.05) is 85.4 Å². The molecular formula is C14H27NO5S2. The van der Waals surface area contributed by atoms with Crippen LogP contribution in [-0.4, -0.2) is 94.6 Å². The molecule has 1 fully saturated rings. The highest BCUT2D eigenvalue weighted by Crippen LogP contribution is 2.05. The molecule has 0 radical (unpaired) electrons. The lowest BCUT2D eigenvalue weighted by Crippen LogP contribution is -2.34. The molecule has 0 bridgehead atoms. The van der Waals surface area contributed by atoms with Crippen LogP contribution in [0.1, 0.15) is 0 Å². The molecule has 22 heavy (non-hydrogen) atoms. The van der Waals surface area contributed by atoms with Crippen molar-refractivity contribution in [2.24, 2.45) is 0 Å². The Morgan fingerprint density at radius 3 is 1.32 bits per heavy atom. The van der Waals surface area contributed by atoms with Crippen LogP contribution in [0.2, 0.25) is 0 Å². The molecule has 6 nitrogen and oxygen atoms in total. The number of rotatable bonds is 0. The lowest BCUT2D eigenvalue weighted by molar-refractivity contribution is -0.0154. The second-order valence-electron chi connectivity index (χ2n) is 4.52.